The third-order valence-corrected chi connectivity index (χ3v) is 3.84. The summed E-state index contributed by atoms with van der Waals surface area (Å²) < 4.78 is 18.1. The molecule has 1 heterocycles. The molecule has 1 aliphatic heterocycles. The van der Waals surface area contributed by atoms with Gasteiger partial charge in [0.1, 0.15) is 11.9 Å². The first kappa shape index (κ1) is 15.9. The van der Waals surface area contributed by atoms with Crippen molar-refractivity contribution < 1.29 is 13.9 Å². The summed E-state index contributed by atoms with van der Waals surface area (Å²) in [6.45, 7) is 4.85. The minimum absolute atomic E-state index is 0.314. The molecule has 2 N–H and O–H groups in total. The Morgan fingerprint density at radius 3 is 2.43 bits per heavy atom. The van der Waals surface area contributed by atoms with Gasteiger partial charge in [0.25, 0.3) is 0 Å². The molecule has 0 unspecified atom stereocenters. The number of primary amides is 1. The van der Waals surface area contributed by atoms with Gasteiger partial charge in [-0.25, -0.2) is 4.39 Å². The summed E-state index contributed by atoms with van der Waals surface area (Å²) in [4.78, 5) is 16.1. The van der Waals surface area contributed by atoms with Crippen LogP contribution in [0.25, 0.3) is 0 Å². The lowest BCUT2D eigenvalue weighted by Crippen LogP contribution is -2.50. The Kier molecular flexibility index (Phi) is 5.67. The third-order valence-electron chi connectivity index (χ3n) is 3.84. The maximum Gasteiger partial charge on any atom is 0.239 e. The van der Waals surface area contributed by atoms with Crippen molar-refractivity contribution in [2.45, 2.75) is 6.04 Å². The van der Waals surface area contributed by atoms with Crippen LogP contribution in [0.5, 0.6) is 0 Å². The normalized spacial score (nSPS) is 18.6. The zero-order valence-electron chi connectivity index (χ0n) is 12.3. The molecule has 1 amide bonds. The number of carbonyl (C=O) groups is 1. The molecule has 1 aromatic carbocycles. The van der Waals surface area contributed by atoms with Crippen molar-refractivity contribution in [1.82, 2.24) is 9.80 Å². The van der Waals surface area contributed by atoms with Gasteiger partial charge in [0.15, 0.2) is 0 Å². The Morgan fingerprint density at radius 1 is 1.29 bits per heavy atom. The van der Waals surface area contributed by atoms with Gasteiger partial charge in [-0.15, -0.1) is 0 Å². The van der Waals surface area contributed by atoms with E-state index >= 15 is 0 Å². The Bertz CT molecular complexity index is 458. The number of hydrogen-bond acceptors (Lipinski definition) is 4. The fraction of sp³-hybridized carbons (Fsp3) is 0.533. The van der Waals surface area contributed by atoms with Crippen LogP contribution < -0.4 is 5.73 Å². The summed E-state index contributed by atoms with van der Waals surface area (Å²) in [5.41, 5.74) is 6.29. The maximum absolute atomic E-state index is 13.0. The van der Waals surface area contributed by atoms with Crippen molar-refractivity contribution in [2.24, 2.45) is 5.73 Å². The molecule has 0 aliphatic carbocycles. The van der Waals surface area contributed by atoms with Crippen molar-refractivity contribution in [3.05, 3.63) is 35.6 Å². The third kappa shape index (κ3) is 4.23. The molecular weight excluding hydrogens is 273 g/mol. The molecule has 2 rings (SSSR count). The van der Waals surface area contributed by atoms with Crippen LogP contribution in [0, 0.1) is 5.82 Å². The van der Waals surface area contributed by atoms with E-state index in [0.717, 1.165) is 38.3 Å². The Labute approximate surface area is 124 Å². The number of carbonyl (C=O) groups excluding carboxylic acids is 1. The van der Waals surface area contributed by atoms with Gasteiger partial charge in [-0.3, -0.25) is 14.6 Å². The Hall–Kier alpha value is -1.50. The van der Waals surface area contributed by atoms with Crippen molar-refractivity contribution in [2.75, 3.05) is 46.4 Å². The van der Waals surface area contributed by atoms with E-state index in [1.54, 1.807) is 19.2 Å². The molecule has 1 aromatic rings. The van der Waals surface area contributed by atoms with Crippen LogP contribution in [0.15, 0.2) is 24.3 Å². The van der Waals surface area contributed by atoms with E-state index in [0.29, 0.717) is 6.61 Å². The highest BCUT2D eigenvalue weighted by Crippen LogP contribution is 2.22. The number of nitrogens with two attached hydrogens (primary N) is 1. The number of hydrogen-bond donors (Lipinski definition) is 1. The van der Waals surface area contributed by atoms with Gasteiger partial charge in [0.2, 0.25) is 5.91 Å². The predicted molar refractivity (Wildman–Crippen MR) is 78.2 cm³/mol. The second-order valence-corrected chi connectivity index (χ2v) is 5.23. The average molecular weight is 295 g/mol. The van der Waals surface area contributed by atoms with Crippen molar-refractivity contribution in [1.29, 1.82) is 0 Å². The van der Waals surface area contributed by atoms with Crippen LogP contribution in [0.4, 0.5) is 4.39 Å². The largest absolute Gasteiger partial charge is 0.383 e. The van der Waals surface area contributed by atoms with E-state index in [1.165, 1.54) is 12.1 Å². The first-order chi connectivity index (χ1) is 10.1. The number of halogens is 1. The highest BCUT2D eigenvalue weighted by atomic mass is 19.1. The number of piperazine rings is 1. The molecule has 1 aliphatic rings. The summed E-state index contributed by atoms with van der Waals surface area (Å²) in [6, 6.07) is 5.49. The molecule has 1 saturated heterocycles. The standard InChI is InChI=1S/C15H22FN3O2/c1-21-11-10-18-6-8-19(9-7-18)14(15(17)20)12-2-4-13(16)5-3-12/h2-5,14H,6-11H2,1H3,(H2,17,20)/t14-/m1/s1. The number of nitrogens with zero attached hydrogens (tertiary/aromatic N) is 2. The second-order valence-electron chi connectivity index (χ2n) is 5.23. The topological polar surface area (TPSA) is 58.8 Å². The Balaban J connectivity index is 2.00. The molecule has 21 heavy (non-hydrogen) atoms. The fourth-order valence-electron chi connectivity index (χ4n) is 2.67. The zero-order chi connectivity index (χ0) is 15.2. The van der Waals surface area contributed by atoms with Crippen LogP contribution in [0.3, 0.4) is 0 Å². The summed E-state index contributed by atoms with van der Waals surface area (Å²) in [5, 5.41) is 0. The van der Waals surface area contributed by atoms with Crippen molar-refractivity contribution in [3.8, 4) is 0 Å². The average Bonchev–Trinajstić information content (AvgIpc) is 2.48. The number of methoxy groups -OCH3 is 1. The van der Waals surface area contributed by atoms with Crippen LogP contribution in [0.1, 0.15) is 11.6 Å². The lowest BCUT2D eigenvalue weighted by molar-refractivity contribution is -0.124. The maximum atomic E-state index is 13.0. The summed E-state index contributed by atoms with van der Waals surface area (Å²) >= 11 is 0. The van der Waals surface area contributed by atoms with Gasteiger partial charge >= 0.3 is 0 Å². The molecular formula is C15H22FN3O2. The lowest BCUT2D eigenvalue weighted by Gasteiger charge is -2.38. The van der Waals surface area contributed by atoms with Crippen LogP contribution >= 0.6 is 0 Å². The molecule has 0 aromatic heterocycles. The minimum Gasteiger partial charge on any atom is -0.383 e. The SMILES string of the molecule is COCCN1CCN([C@@H](C(N)=O)c2ccc(F)cc2)CC1. The molecule has 1 atom stereocenters. The quantitative estimate of drug-likeness (QED) is 0.836. The number of rotatable bonds is 6. The smallest absolute Gasteiger partial charge is 0.239 e. The van der Waals surface area contributed by atoms with E-state index in [2.05, 4.69) is 9.80 Å². The fourth-order valence-corrected chi connectivity index (χ4v) is 2.67. The van der Waals surface area contributed by atoms with Crippen molar-refractivity contribution >= 4 is 5.91 Å². The molecule has 0 saturated carbocycles. The van der Waals surface area contributed by atoms with Gasteiger partial charge < -0.3 is 10.5 Å². The number of ether oxygens (including phenoxy) is 1. The summed E-state index contributed by atoms with van der Waals surface area (Å²) in [7, 11) is 1.69. The summed E-state index contributed by atoms with van der Waals surface area (Å²) in [5.74, 6) is -0.710. The molecule has 0 bridgehead atoms. The molecule has 6 heteroatoms. The number of amides is 1. The van der Waals surface area contributed by atoms with Gasteiger partial charge in [0, 0.05) is 39.8 Å². The van der Waals surface area contributed by atoms with Crippen LogP contribution in [0.2, 0.25) is 0 Å². The van der Waals surface area contributed by atoms with E-state index < -0.39 is 11.9 Å². The molecule has 5 nitrogen and oxygen atoms in total. The highest BCUT2D eigenvalue weighted by molar-refractivity contribution is 5.81. The number of benzene rings is 1. The monoisotopic (exact) mass is 295 g/mol. The Morgan fingerprint density at radius 2 is 1.90 bits per heavy atom. The van der Waals surface area contributed by atoms with Crippen molar-refractivity contribution in [3.63, 3.8) is 0 Å². The first-order valence-electron chi connectivity index (χ1n) is 7.12. The van der Waals surface area contributed by atoms with Gasteiger partial charge in [-0.1, -0.05) is 12.1 Å². The second kappa shape index (κ2) is 7.49. The highest BCUT2D eigenvalue weighted by Gasteiger charge is 2.28. The first-order valence-corrected chi connectivity index (χ1v) is 7.12. The molecule has 0 spiro atoms. The van der Waals surface area contributed by atoms with Gasteiger partial charge in [-0.05, 0) is 17.7 Å². The van der Waals surface area contributed by atoms with E-state index in [9.17, 15) is 9.18 Å². The zero-order valence-corrected chi connectivity index (χ0v) is 12.3. The van der Waals surface area contributed by atoms with Crippen LogP contribution in [-0.4, -0.2) is 62.1 Å². The van der Waals surface area contributed by atoms with E-state index in [-0.39, 0.29) is 5.82 Å². The minimum atomic E-state index is -0.491. The van der Waals surface area contributed by atoms with Crippen LogP contribution in [-0.2, 0) is 9.53 Å². The van der Waals surface area contributed by atoms with Gasteiger partial charge in [0.05, 0.1) is 6.61 Å². The molecule has 116 valence electrons. The molecule has 1 fully saturated rings. The molecule has 0 radical (unpaired) electrons. The van der Waals surface area contributed by atoms with E-state index in [1.807, 2.05) is 0 Å². The predicted octanol–water partition coefficient (Wildman–Crippen LogP) is 0.616. The van der Waals surface area contributed by atoms with Gasteiger partial charge in [-0.2, -0.15) is 0 Å². The van der Waals surface area contributed by atoms with E-state index in [4.69, 9.17) is 10.5 Å². The lowest BCUT2D eigenvalue weighted by atomic mass is 10.0. The summed E-state index contributed by atoms with van der Waals surface area (Å²) in [6.07, 6.45) is 0.